The Hall–Kier alpha value is -2.44. The fraction of sp³-hybridized carbons (Fsp3) is 0.529. The van der Waals surface area contributed by atoms with E-state index in [1.807, 2.05) is 18.2 Å². The molecule has 0 saturated heterocycles. The lowest BCUT2D eigenvalue weighted by Gasteiger charge is -2.20. The molecule has 1 unspecified atom stereocenters. The summed E-state index contributed by atoms with van der Waals surface area (Å²) in [5.41, 5.74) is 1.09. The van der Waals surface area contributed by atoms with E-state index in [9.17, 15) is 9.59 Å². The maximum Gasteiger partial charge on any atom is 0.317 e. The lowest BCUT2D eigenvalue weighted by Crippen LogP contribution is -2.41. The number of carboxylic acid groups (broad SMARTS) is 1. The molecule has 2 amide bonds. The number of carbonyl (C=O) groups excluding carboxylic acids is 1. The van der Waals surface area contributed by atoms with Crippen LogP contribution in [0.1, 0.15) is 18.9 Å². The van der Waals surface area contributed by atoms with Crippen LogP contribution in [-0.2, 0) is 11.2 Å². The normalized spacial score (nSPS) is 11.5. The molecule has 1 atom stereocenters. The molecule has 0 fully saturated rings. The van der Waals surface area contributed by atoms with Crippen molar-refractivity contribution in [3.8, 4) is 11.5 Å². The average molecular weight is 338 g/mol. The Labute approximate surface area is 142 Å². The SMILES string of the molecule is COc1ccc(CCCNC(=O)N(C)CC(C)C(=O)O)cc1OC. The number of amides is 2. The Kier molecular flexibility index (Phi) is 7.88. The molecule has 2 N–H and O–H groups in total. The highest BCUT2D eigenvalue weighted by Crippen LogP contribution is 2.27. The molecule has 0 radical (unpaired) electrons. The maximum absolute atomic E-state index is 11.9. The van der Waals surface area contributed by atoms with Crippen LogP contribution in [0.25, 0.3) is 0 Å². The van der Waals surface area contributed by atoms with E-state index in [2.05, 4.69) is 5.32 Å². The van der Waals surface area contributed by atoms with Gasteiger partial charge in [0, 0.05) is 20.1 Å². The van der Waals surface area contributed by atoms with Crippen LogP contribution in [0.3, 0.4) is 0 Å². The van der Waals surface area contributed by atoms with Gasteiger partial charge in [0.25, 0.3) is 0 Å². The standard InChI is InChI=1S/C17H26N2O5/c1-12(16(20)21)11-19(2)17(22)18-9-5-6-13-7-8-14(23-3)15(10-13)24-4/h7-8,10,12H,5-6,9,11H2,1-4H3,(H,18,22)(H,20,21). The van der Waals surface area contributed by atoms with E-state index in [0.29, 0.717) is 18.0 Å². The third-order valence-electron chi connectivity index (χ3n) is 3.68. The van der Waals surface area contributed by atoms with Crippen molar-refractivity contribution in [2.24, 2.45) is 5.92 Å². The quantitative estimate of drug-likeness (QED) is 0.672. The molecule has 1 aromatic rings. The van der Waals surface area contributed by atoms with Gasteiger partial charge in [0.15, 0.2) is 11.5 Å². The summed E-state index contributed by atoms with van der Waals surface area (Å²) in [6, 6.07) is 5.47. The van der Waals surface area contributed by atoms with Gasteiger partial charge in [-0.1, -0.05) is 13.0 Å². The highest BCUT2D eigenvalue weighted by Gasteiger charge is 2.16. The Bertz CT molecular complexity index is 562. The zero-order valence-electron chi connectivity index (χ0n) is 14.7. The molecule has 0 aromatic heterocycles. The van der Waals surface area contributed by atoms with Crippen LogP contribution >= 0.6 is 0 Å². The summed E-state index contributed by atoms with van der Waals surface area (Å²) in [6.45, 7) is 2.26. The first-order valence-electron chi connectivity index (χ1n) is 7.81. The first-order valence-corrected chi connectivity index (χ1v) is 7.81. The second kappa shape index (κ2) is 9.64. The Morgan fingerprint density at radius 1 is 1.25 bits per heavy atom. The van der Waals surface area contributed by atoms with Gasteiger partial charge >= 0.3 is 12.0 Å². The van der Waals surface area contributed by atoms with Gasteiger partial charge in [-0.2, -0.15) is 0 Å². The summed E-state index contributed by atoms with van der Waals surface area (Å²) in [6.07, 6.45) is 1.55. The van der Waals surface area contributed by atoms with Crippen LogP contribution in [0.5, 0.6) is 11.5 Å². The van der Waals surface area contributed by atoms with E-state index < -0.39 is 11.9 Å². The molecular formula is C17H26N2O5. The smallest absolute Gasteiger partial charge is 0.317 e. The Balaban J connectivity index is 2.37. The summed E-state index contributed by atoms with van der Waals surface area (Å²) in [5.74, 6) is -0.138. The van der Waals surface area contributed by atoms with Crippen molar-refractivity contribution in [3.05, 3.63) is 23.8 Å². The fourth-order valence-electron chi connectivity index (χ4n) is 2.23. The van der Waals surface area contributed by atoms with Crippen LogP contribution in [0.2, 0.25) is 0 Å². The minimum absolute atomic E-state index is 0.177. The molecule has 1 rings (SSSR count). The molecule has 24 heavy (non-hydrogen) atoms. The van der Waals surface area contributed by atoms with Crippen molar-refractivity contribution >= 4 is 12.0 Å². The highest BCUT2D eigenvalue weighted by atomic mass is 16.5. The van der Waals surface area contributed by atoms with Gasteiger partial charge in [0.2, 0.25) is 0 Å². The molecule has 134 valence electrons. The first kappa shape index (κ1) is 19.6. The van der Waals surface area contributed by atoms with Crippen LogP contribution in [0.4, 0.5) is 4.79 Å². The summed E-state index contributed by atoms with van der Waals surface area (Å²) >= 11 is 0. The third kappa shape index (κ3) is 5.98. The molecule has 0 spiro atoms. The molecule has 0 aliphatic heterocycles. The van der Waals surface area contributed by atoms with E-state index in [1.165, 1.54) is 4.90 Å². The van der Waals surface area contributed by atoms with Gasteiger partial charge in [-0.3, -0.25) is 4.79 Å². The number of benzene rings is 1. The molecule has 0 bridgehead atoms. The summed E-state index contributed by atoms with van der Waals surface area (Å²) in [5, 5.41) is 11.6. The Morgan fingerprint density at radius 2 is 1.92 bits per heavy atom. The predicted octanol–water partition coefficient (Wildman–Crippen LogP) is 2.00. The number of aryl methyl sites for hydroxylation is 1. The third-order valence-corrected chi connectivity index (χ3v) is 3.68. The number of methoxy groups -OCH3 is 2. The topological polar surface area (TPSA) is 88.1 Å². The maximum atomic E-state index is 11.9. The van der Waals surface area contributed by atoms with E-state index in [-0.39, 0.29) is 12.6 Å². The molecule has 0 aliphatic rings. The molecule has 0 heterocycles. The minimum atomic E-state index is -0.914. The van der Waals surface area contributed by atoms with Crippen LogP contribution in [-0.4, -0.2) is 56.4 Å². The van der Waals surface area contributed by atoms with Crippen molar-refractivity contribution in [1.29, 1.82) is 0 Å². The van der Waals surface area contributed by atoms with E-state index in [1.54, 1.807) is 28.2 Å². The van der Waals surface area contributed by atoms with Gasteiger partial charge < -0.3 is 24.8 Å². The van der Waals surface area contributed by atoms with E-state index in [4.69, 9.17) is 14.6 Å². The van der Waals surface area contributed by atoms with Gasteiger partial charge in [-0.15, -0.1) is 0 Å². The summed E-state index contributed by atoms with van der Waals surface area (Å²) in [4.78, 5) is 24.1. The van der Waals surface area contributed by atoms with Crippen molar-refractivity contribution in [1.82, 2.24) is 10.2 Å². The van der Waals surface area contributed by atoms with Crippen molar-refractivity contribution < 1.29 is 24.2 Å². The highest BCUT2D eigenvalue weighted by molar-refractivity contribution is 5.75. The van der Waals surface area contributed by atoms with Crippen LogP contribution in [0.15, 0.2) is 18.2 Å². The second-order valence-electron chi connectivity index (χ2n) is 5.64. The number of aliphatic carboxylic acids is 1. The largest absolute Gasteiger partial charge is 0.493 e. The zero-order chi connectivity index (χ0) is 18.1. The predicted molar refractivity (Wildman–Crippen MR) is 90.7 cm³/mol. The van der Waals surface area contributed by atoms with Gasteiger partial charge in [-0.05, 0) is 30.5 Å². The van der Waals surface area contributed by atoms with E-state index >= 15 is 0 Å². The number of carboxylic acids is 1. The minimum Gasteiger partial charge on any atom is -0.493 e. The number of rotatable bonds is 9. The Morgan fingerprint density at radius 3 is 2.50 bits per heavy atom. The molecule has 0 aliphatic carbocycles. The summed E-state index contributed by atoms with van der Waals surface area (Å²) in [7, 11) is 4.77. The number of hydrogen-bond donors (Lipinski definition) is 2. The lowest BCUT2D eigenvalue weighted by molar-refractivity contribution is -0.141. The average Bonchev–Trinajstić information content (AvgIpc) is 2.57. The van der Waals surface area contributed by atoms with Crippen molar-refractivity contribution in [2.45, 2.75) is 19.8 Å². The van der Waals surface area contributed by atoms with Gasteiger partial charge in [0.1, 0.15) is 0 Å². The molecule has 7 heteroatoms. The zero-order valence-corrected chi connectivity index (χ0v) is 14.7. The van der Waals surface area contributed by atoms with Gasteiger partial charge in [-0.25, -0.2) is 4.79 Å². The van der Waals surface area contributed by atoms with Gasteiger partial charge in [0.05, 0.1) is 20.1 Å². The molecule has 7 nitrogen and oxygen atoms in total. The molecule has 0 saturated carbocycles. The number of ether oxygens (including phenoxy) is 2. The number of nitrogens with zero attached hydrogens (tertiary/aromatic N) is 1. The first-order chi connectivity index (χ1) is 11.4. The van der Waals surface area contributed by atoms with Crippen LogP contribution < -0.4 is 14.8 Å². The summed E-state index contributed by atoms with van der Waals surface area (Å²) < 4.78 is 10.5. The fourth-order valence-corrected chi connectivity index (χ4v) is 2.23. The number of nitrogens with one attached hydrogen (secondary N) is 1. The lowest BCUT2D eigenvalue weighted by atomic mass is 10.1. The second-order valence-corrected chi connectivity index (χ2v) is 5.64. The van der Waals surface area contributed by atoms with Crippen molar-refractivity contribution in [2.75, 3.05) is 34.4 Å². The number of carbonyl (C=O) groups is 2. The monoisotopic (exact) mass is 338 g/mol. The van der Waals surface area contributed by atoms with Crippen LogP contribution in [0, 0.1) is 5.92 Å². The van der Waals surface area contributed by atoms with Crippen molar-refractivity contribution in [3.63, 3.8) is 0 Å². The molecular weight excluding hydrogens is 312 g/mol. The van der Waals surface area contributed by atoms with E-state index in [0.717, 1.165) is 18.4 Å². The number of hydrogen-bond acceptors (Lipinski definition) is 4. The number of urea groups is 1. The molecule has 1 aromatic carbocycles.